The predicted molar refractivity (Wildman–Crippen MR) is 149 cm³/mol. The van der Waals surface area contributed by atoms with Crippen LogP contribution in [0.2, 0.25) is 0 Å². The van der Waals surface area contributed by atoms with E-state index in [1.54, 1.807) is 7.11 Å². The minimum atomic E-state index is -1.58. The van der Waals surface area contributed by atoms with Gasteiger partial charge in [-0.1, -0.05) is 0 Å². The van der Waals surface area contributed by atoms with Crippen molar-refractivity contribution < 1.29 is 68.2 Å². The Morgan fingerprint density at radius 1 is 0.818 bits per heavy atom. The van der Waals surface area contributed by atoms with E-state index in [1.807, 2.05) is 36.4 Å². The molecule has 6 N–H and O–H groups in total. The first-order valence-electron chi connectivity index (χ1n) is 14.3. The molecule has 0 aliphatic carbocycles. The van der Waals surface area contributed by atoms with Gasteiger partial charge in [0.1, 0.15) is 48.5 Å². The van der Waals surface area contributed by atoms with Gasteiger partial charge in [-0.05, 0) is 54.8 Å². The van der Waals surface area contributed by atoms with E-state index in [9.17, 15) is 30.6 Å². The molecule has 3 aromatic rings. The molecule has 44 heavy (non-hydrogen) atoms. The third-order valence-corrected chi connectivity index (χ3v) is 7.96. The van der Waals surface area contributed by atoms with E-state index in [4.69, 9.17) is 37.6 Å². The van der Waals surface area contributed by atoms with Crippen molar-refractivity contribution in [3.8, 4) is 28.6 Å². The lowest BCUT2D eigenvalue weighted by atomic mass is 9.99. The quantitative estimate of drug-likeness (QED) is 0.166. The highest BCUT2D eigenvalue weighted by Crippen LogP contribution is 2.39. The van der Waals surface area contributed by atoms with E-state index < -0.39 is 55.3 Å². The van der Waals surface area contributed by atoms with Crippen LogP contribution in [0.1, 0.15) is 12.0 Å². The second kappa shape index (κ2) is 13.1. The lowest BCUT2D eigenvalue weighted by molar-refractivity contribution is -0.320. The number of aryl methyl sites for hydroxylation is 1. The van der Waals surface area contributed by atoms with Crippen LogP contribution in [-0.4, -0.2) is 120 Å². The largest absolute Gasteiger partial charge is 0.493 e. The summed E-state index contributed by atoms with van der Waals surface area (Å²) in [5.41, 5.74) is 2.40. The minimum absolute atomic E-state index is 0.154. The second-order valence-corrected chi connectivity index (χ2v) is 11.0. The van der Waals surface area contributed by atoms with Gasteiger partial charge in [-0.3, -0.25) is 0 Å². The molecule has 3 aliphatic heterocycles. The number of ether oxygens (including phenoxy) is 7. The van der Waals surface area contributed by atoms with Crippen LogP contribution < -0.4 is 14.2 Å². The normalized spacial score (nSPS) is 31.8. The monoisotopic (exact) mass is 620 g/mol. The molecule has 14 nitrogen and oxygen atoms in total. The Balaban J connectivity index is 1.05. The van der Waals surface area contributed by atoms with Gasteiger partial charge in [0.25, 0.3) is 0 Å². The average Bonchev–Trinajstić information content (AvgIpc) is 3.68. The van der Waals surface area contributed by atoms with Crippen LogP contribution >= 0.6 is 0 Å². The maximum Gasteiger partial charge on any atom is 0.231 e. The molecular formula is C30H36O14. The van der Waals surface area contributed by atoms with E-state index in [1.165, 1.54) is 0 Å². The molecule has 0 radical (unpaired) electrons. The fourth-order valence-corrected chi connectivity index (χ4v) is 5.45. The van der Waals surface area contributed by atoms with Crippen molar-refractivity contribution in [1.82, 2.24) is 0 Å². The van der Waals surface area contributed by atoms with E-state index in [2.05, 4.69) is 0 Å². The standard InChI is InChI=1S/C30H36O14/c1-37-21-8-14(7-16-10-19(43-28(16)21)15-4-5-18-20(9-15)42-13-41-18)3-2-6-38-30-27(36)25(34)24(33)22(44-30)12-40-29-26(35)23(32)17(31)11-39-29/h4-5,7-10,17,22-27,29-36H,2-3,6,11-13H2,1H3/t17-,22-,23+,24-,25+,26-,27-,29+,30-/m1/s1. The predicted octanol–water partition coefficient (Wildman–Crippen LogP) is 0.0495. The molecule has 240 valence electrons. The Hall–Kier alpha value is -3.02. The van der Waals surface area contributed by atoms with E-state index >= 15 is 0 Å². The Morgan fingerprint density at radius 3 is 2.43 bits per heavy atom. The maximum absolute atomic E-state index is 10.4. The number of hydrogen-bond donors (Lipinski definition) is 6. The smallest absolute Gasteiger partial charge is 0.231 e. The van der Waals surface area contributed by atoms with Gasteiger partial charge in [-0.2, -0.15) is 0 Å². The van der Waals surface area contributed by atoms with Crippen molar-refractivity contribution in [1.29, 1.82) is 0 Å². The number of aliphatic hydroxyl groups excluding tert-OH is 6. The minimum Gasteiger partial charge on any atom is -0.493 e. The van der Waals surface area contributed by atoms with Crippen molar-refractivity contribution >= 4 is 11.0 Å². The van der Waals surface area contributed by atoms with Gasteiger partial charge in [0, 0.05) is 10.9 Å². The van der Waals surface area contributed by atoms with Crippen molar-refractivity contribution in [3.63, 3.8) is 0 Å². The fourth-order valence-electron chi connectivity index (χ4n) is 5.45. The van der Waals surface area contributed by atoms with Gasteiger partial charge < -0.3 is 68.2 Å². The summed E-state index contributed by atoms with van der Waals surface area (Å²) in [6, 6.07) is 11.4. The van der Waals surface area contributed by atoms with Gasteiger partial charge in [0.15, 0.2) is 35.4 Å². The summed E-state index contributed by atoms with van der Waals surface area (Å²) in [4.78, 5) is 0. The zero-order valence-electron chi connectivity index (χ0n) is 23.9. The Bertz CT molecular complexity index is 1430. The third kappa shape index (κ3) is 6.23. The maximum atomic E-state index is 10.4. The lowest BCUT2D eigenvalue weighted by Crippen LogP contribution is -2.60. The third-order valence-electron chi connectivity index (χ3n) is 7.96. The van der Waals surface area contributed by atoms with Crippen molar-refractivity contribution in [2.24, 2.45) is 0 Å². The summed E-state index contributed by atoms with van der Waals surface area (Å²) < 4.78 is 44.6. The van der Waals surface area contributed by atoms with Gasteiger partial charge in [0.05, 0.1) is 26.9 Å². The topological polar surface area (TPSA) is 199 Å². The molecule has 9 atom stereocenters. The first-order chi connectivity index (χ1) is 21.2. The summed E-state index contributed by atoms with van der Waals surface area (Å²) in [6.07, 6.45) is -11.5. The van der Waals surface area contributed by atoms with Crippen molar-refractivity contribution in [2.45, 2.75) is 68.1 Å². The number of fused-ring (bicyclic) bond motifs is 2. The Labute approximate surface area is 251 Å². The summed E-state index contributed by atoms with van der Waals surface area (Å²) in [5.74, 6) is 2.56. The SMILES string of the molecule is COc1cc(CCCO[C@@H]2O[C@H](CO[C@@H]3OC[C@@H](O)[C@H](O)[C@H]3O)[C@@H](O)[C@H](O)[C@H]2O)cc2cc(-c3ccc4c(c3)OCO4)oc12. The number of rotatable bonds is 10. The van der Waals surface area contributed by atoms with E-state index in [0.717, 1.165) is 16.5 Å². The summed E-state index contributed by atoms with van der Waals surface area (Å²) >= 11 is 0. The average molecular weight is 621 g/mol. The van der Waals surface area contributed by atoms with Gasteiger partial charge in [-0.15, -0.1) is 0 Å². The van der Waals surface area contributed by atoms with Crippen molar-refractivity contribution in [2.75, 3.05) is 33.7 Å². The molecule has 0 unspecified atom stereocenters. The van der Waals surface area contributed by atoms with Gasteiger partial charge in [0.2, 0.25) is 6.79 Å². The Kier molecular flexibility index (Phi) is 9.26. The van der Waals surface area contributed by atoms with Crippen LogP contribution in [0.3, 0.4) is 0 Å². The summed E-state index contributed by atoms with van der Waals surface area (Å²) in [5, 5.41) is 61.5. The summed E-state index contributed by atoms with van der Waals surface area (Å²) in [7, 11) is 1.57. The first kappa shape index (κ1) is 31.0. The van der Waals surface area contributed by atoms with Crippen LogP contribution in [0, 0.1) is 0 Å². The Morgan fingerprint density at radius 2 is 1.61 bits per heavy atom. The molecule has 0 saturated carbocycles. The molecule has 0 spiro atoms. The molecule has 2 aromatic carbocycles. The van der Waals surface area contributed by atoms with Gasteiger partial charge >= 0.3 is 0 Å². The molecule has 2 fully saturated rings. The zero-order valence-corrected chi connectivity index (χ0v) is 23.9. The number of benzene rings is 2. The highest BCUT2D eigenvalue weighted by Gasteiger charge is 2.45. The number of aliphatic hydroxyl groups is 6. The molecule has 14 heteroatoms. The van der Waals surface area contributed by atoms with Gasteiger partial charge in [-0.25, -0.2) is 0 Å². The van der Waals surface area contributed by atoms with E-state index in [-0.39, 0.29) is 26.6 Å². The van der Waals surface area contributed by atoms with Crippen LogP contribution in [0.4, 0.5) is 0 Å². The highest BCUT2D eigenvalue weighted by atomic mass is 16.7. The molecule has 4 heterocycles. The molecular weight excluding hydrogens is 584 g/mol. The van der Waals surface area contributed by atoms with Crippen LogP contribution in [0.15, 0.2) is 40.8 Å². The van der Waals surface area contributed by atoms with Crippen molar-refractivity contribution in [3.05, 3.63) is 42.0 Å². The highest BCUT2D eigenvalue weighted by molar-refractivity contribution is 5.88. The molecule has 1 aromatic heterocycles. The van der Waals surface area contributed by atoms with Crippen LogP contribution in [-0.2, 0) is 25.4 Å². The molecule has 0 bridgehead atoms. The molecule has 2 saturated heterocycles. The first-order valence-corrected chi connectivity index (χ1v) is 14.3. The number of hydrogen-bond acceptors (Lipinski definition) is 14. The van der Waals surface area contributed by atoms with Crippen LogP contribution in [0.25, 0.3) is 22.3 Å². The summed E-state index contributed by atoms with van der Waals surface area (Å²) in [6.45, 7) is -0.276. The molecule has 6 rings (SSSR count). The lowest BCUT2D eigenvalue weighted by Gasteiger charge is -2.41. The van der Waals surface area contributed by atoms with Crippen LogP contribution in [0.5, 0.6) is 17.2 Å². The molecule has 0 amide bonds. The number of methoxy groups -OCH3 is 1. The number of furan rings is 1. The second-order valence-electron chi connectivity index (χ2n) is 11.0. The molecule has 3 aliphatic rings. The van der Waals surface area contributed by atoms with E-state index in [0.29, 0.717) is 41.4 Å². The fraction of sp³-hybridized carbons (Fsp3) is 0.533. The zero-order chi connectivity index (χ0) is 31.0.